The second-order valence-electron chi connectivity index (χ2n) is 2.34. The van der Waals surface area contributed by atoms with E-state index in [1.165, 1.54) is 0 Å². The molecule has 2 rings (SSSR count). The molecule has 0 fully saturated rings. The summed E-state index contributed by atoms with van der Waals surface area (Å²) in [5.41, 5.74) is 0.752. The highest BCUT2D eigenvalue weighted by Crippen LogP contribution is 2.40. The highest BCUT2D eigenvalue weighted by atomic mass is 32.2. The normalized spacial score (nSPS) is 19.8. The zero-order valence-electron chi connectivity index (χ0n) is 5.56. The average molecular weight is 169 g/mol. The number of hydrogen-bond donors (Lipinski definition) is 0. The Kier molecular flexibility index (Phi) is 1.40. The number of pyridine rings is 1. The molecule has 0 saturated heterocycles. The quantitative estimate of drug-likeness (QED) is 0.335. The van der Waals surface area contributed by atoms with Crippen molar-refractivity contribution in [1.82, 2.24) is 4.98 Å². The lowest BCUT2D eigenvalue weighted by atomic mass is 10.3. The Morgan fingerprint density at radius 3 is 3.09 bits per heavy atom. The average Bonchev–Trinajstić information content (AvgIpc) is 2.21. The molecule has 0 saturated carbocycles. The minimum Gasteiger partial charge on any atom is -0.618 e. The van der Waals surface area contributed by atoms with Gasteiger partial charge in [0.2, 0.25) is 0 Å². The summed E-state index contributed by atoms with van der Waals surface area (Å²) in [5.74, 6) is 0. The van der Waals surface area contributed by atoms with Gasteiger partial charge in [-0.25, -0.2) is 0 Å². The van der Waals surface area contributed by atoms with Crippen molar-refractivity contribution >= 4 is 11.9 Å². The van der Waals surface area contributed by atoms with E-state index in [1.54, 1.807) is 18.5 Å². The van der Waals surface area contributed by atoms with Crippen molar-refractivity contribution < 1.29 is 4.21 Å². The van der Waals surface area contributed by atoms with E-state index >= 15 is 0 Å². The number of nitrogens with zero attached hydrogens (tertiary/aromatic N) is 2. The van der Waals surface area contributed by atoms with Crippen molar-refractivity contribution in [3.05, 3.63) is 34.4 Å². The minimum atomic E-state index is -1.51. The molecule has 5 heteroatoms. The van der Waals surface area contributed by atoms with Gasteiger partial charge in [-0.2, -0.15) is 0 Å². The van der Waals surface area contributed by atoms with Gasteiger partial charge in [0.15, 0.2) is 0 Å². The lowest BCUT2D eigenvalue weighted by Gasteiger charge is -2.38. The highest BCUT2D eigenvalue weighted by molar-refractivity contribution is 7.94. The maximum atomic E-state index is 10.9. The Morgan fingerprint density at radius 1 is 1.55 bits per heavy atom. The van der Waals surface area contributed by atoms with Crippen LogP contribution in [-0.2, 0) is 6.54 Å². The molecule has 1 aliphatic rings. The highest BCUT2D eigenvalue weighted by Gasteiger charge is 2.23. The topological polar surface area (TPSA) is 59.0 Å². The SMILES string of the molecule is [O-][N+]1([O-])Cc2cnccc2S1. The summed E-state index contributed by atoms with van der Waals surface area (Å²) in [6.45, 7) is -0.0200. The number of rotatable bonds is 0. The van der Waals surface area contributed by atoms with Gasteiger partial charge in [0.1, 0.15) is 18.5 Å². The zero-order valence-corrected chi connectivity index (χ0v) is 6.37. The largest absolute Gasteiger partial charge is 0.618 e. The van der Waals surface area contributed by atoms with Crippen LogP contribution in [0, 0.1) is 10.4 Å². The molecule has 0 bridgehead atoms. The molecular weight excluding hydrogens is 164 g/mol. The maximum absolute atomic E-state index is 10.9. The summed E-state index contributed by atoms with van der Waals surface area (Å²) >= 11 is 0.780. The Balaban J connectivity index is 2.41. The van der Waals surface area contributed by atoms with E-state index in [-0.39, 0.29) is 6.54 Å². The van der Waals surface area contributed by atoms with Crippen LogP contribution in [-0.4, -0.2) is 9.20 Å². The van der Waals surface area contributed by atoms with Gasteiger partial charge in [-0.3, -0.25) is 4.98 Å². The number of hydrogen-bond acceptors (Lipinski definition) is 4. The summed E-state index contributed by atoms with van der Waals surface area (Å²) < 4.78 is -1.51. The Bertz CT molecular complexity index is 263. The van der Waals surface area contributed by atoms with Gasteiger partial charge in [-0.05, 0) is 6.07 Å². The number of fused-ring (bicyclic) bond motifs is 1. The summed E-state index contributed by atoms with van der Waals surface area (Å²) in [4.78, 5) is 4.58. The van der Waals surface area contributed by atoms with Crippen LogP contribution in [0.1, 0.15) is 5.56 Å². The third-order valence-electron chi connectivity index (χ3n) is 1.46. The third-order valence-corrected chi connectivity index (χ3v) is 2.46. The molecule has 0 aliphatic carbocycles. The molecule has 58 valence electrons. The summed E-state index contributed by atoms with van der Waals surface area (Å²) in [6.07, 6.45) is 3.15. The van der Waals surface area contributed by atoms with Crippen LogP contribution >= 0.6 is 11.9 Å². The smallest absolute Gasteiger partial charge is 0.118 e. The third kappa shape index (κ3) is 1.23. The first-order valence-corrected chi connectivity index (χ1v) is 3.87. The molecule has 0 amide bonds. The zero-order chi connectivity index (χ0) is 7.90. The first kappa shape index (κ1) is 7.05. The van der Waals surface area contributed by atoms with E-state index in [0.29, 0.717) is 0 Å². The molecule has 1 aromatic heterocycles. The number of aromatic nitrogens is 1. The van der Waals surface area contributed by atoms with Gasteiger partial charge < -0.3 is 14.6 Å². The van der Waals surface area contributed by atoms with E-state index in [2.05, 4.69) is 4.98 Å². The molecule has 1 aromatic rings. The van der Waals surface area contributed by atoms with Crippen molar-refractivity contribution in [2.45, 2.75) is 11.4 Å². The molecule has 0 N–H and O–H groups in total. The molecule has 1 aliphatic heterocycles. The molecular formula is C6H5N2O2S-. The Labute approximate surface area is 67.7 Å². The first-order valence-electron chi connectivity index (χ1n) is 3.10. The van der Waals surface area contributed by atoms with Crippen LogP contribution in [0.3, 0.4) is 0 Å². The molecule has 0 atom stereocenters. The summed E-state index contributed by atoms with van der Waals surface area (Å²) in [6, 6.07) is 1.69. The first-order chi connectivity index (χ1) is 5.17. The lowest BCUT2D eigenvalue weighted by Crippen LogP contribution is -2.20. The van der Waals surface area contributed by atoms with Crippen molar-refractivity contribution in [2.24, 2.45) is 0 Å². The van der Waals surface area contributed by atoms with Crippen molar-refractivity contribution in [1.29, 1.82) is 0 Å². The molecule has 0 spiro atoms. The van der Waals surface area contributed by atoms with Crippen molar-refractivity contribution in [2.75, 3.05) is 0 Å². The molecule has 0 radical (unpaired) electrons. The monoisotopic (exact) mass is 169 g/mol. The number of quaternary nitrogens is 1. The second kappa shape index (κ2) is 2.18. The van der Waals surface area contributed by atoms with E-state index in [9.17, 15) is 10.4 Å². The van der Waals surface area contributed by atoms with Gasteiger partial charge in [0, 0.05) is 18.0 Å². The standard InChI is InChI=1S/C6H5N2O2S/c9-8(10)4-5-3-7-2-1-6(5)11-8/h1-3H,4H2/q-1. The van der Waals surface area contributed by atoms with Crippen LogP contribution in [0.5, 0.6) is 0 Å². The van der Waals surface area contributed by atoms with Gasteiger partial charge in [0.05, 0.1) is 4.90 Å². The van der Waals surface area contributed by atoms with E-state index in [0.717, 1.165) is 22.4 Å². The van der Waals surface area contributed by atoms with Crippen LogP contribution in [0.2, 0.25) is 0 Å². The van der Waals surface area contributed by atoms with Crippen LogP contribution in [0.15, 0.2) is 23.4 Å². The van der Waals surface area contributed by atoms with Gasteiger partial charge >= 0.3 is 0 Å². The van der Waals surface area contributed by atoms with Crippen molar-refractivity contribution in [3.8, 4) is 0 Å². The van der Waals surface area contributed by atoms with E-state index in [1.807, 2.05) is 0 Å². The summed E-state index contributed by atoms with van der Waals surface area (Å²) in [7, 11) is 0. The fourth-order valence-corrected chi connectivity index (χ4v) is 1.87. The van der Waals surface area contributed by atoms with E-state index in [4.69, 9.17) is 0 Å². The molecule has 0 aromatic carbocycles. The fraction of sp³-hybridized carbons (Fsp3) is 0.167. The summed E-state index contributed by atoms with van der Waals surface area (Å²) in [5, 5.41) is 21.8. The van der Waals surface area contributed by atoms with Gasteiger partial charge in [-0.1, -0.05) is 0 Å². The van der Waals surface area contributed by atoms with Crippen LogP contribution in [0.4, 0.5) is 0 Å². The van der Waals surface area contributed by atoms with Crippen molar-refractivity contribution in [3.63, 3.8) is 0 Å². The Hall–Kier alpha value is -0.620. The maximum Gasteiger partial charge on any atom is 0.118 e. The minimum absolute atomic E-state index is 0.0200. The predicted molar refractivity (Wildman–Crippen MR) is 40.8 cm³/mol. The van der Waals surface area contributed by atoms with Crippen LogP contribution in [0.25, 0.3) is 0 Å². The Morgan fingerprint density at radius 2 is 2.36 bits per heavy atom. The molecule has 0 unspecified atom stereocenters. The van der Waals surface area contributed by atoms with E-state index < -0.39 is 4.21 Å². The fourth-order valence-electron chi connectivity index (χ4n) is 1.01. The molecule has 2 heterocycles. The number of hydroxylamine groups is 2. The van der Waals surface area contributed by atoms with Gasteiger partial charge in [0.25, 0.3) is 0 Å². The van der Waals surface area contributed by atoms with Crippen LogP contribution < -0.4 is 0 Å². The second-order valence-corrected chi connectivity index (χ2v) is 3.52. The molecule has 4 nitrogen and oxygen atoms in total. The molecule has 11 heavy (non-hydrogen) atoms. The van der Waals surface area contributed by atoms with Gasteiger partial charge in [-0.15, -0.1) is 0 Å². The lowest BCUT2D eigenvalue weighted by molar-refractivity contribution is -0.694. The predicted octanol–water partition coefficient (Wildman–Crippen LogP) is 1.41.